The number of hydrogen-bond acceptors (Lipinski definition) is 6. The standard InChI is InChI=1S/C20H36O6/c1-17(2)8-6-9-18(3)12(7-10-19(4,25)13(22)11-21)20(5,26)16(24)14(23)15(17)18/h7,10,12-16,21-26H,6,8-9,11H2,1-5H3/t12-,13-,14-,15+,16+,18-,19-,20+/m1/s1. The predicted molar refractivity (Wildman–Crippen MR) is 98.2 cm³/mol. The monoisotopic (exact) mass is 372 g/mol. The Morgan fingerprint density at radius 2 is 1.73 bits per heavy atom. The zero-order chi connectivity index (χ0) is 20.1. The molecule has 0 saturated heterocycles. The van der Waals surface area contributed by atoms with Crippen molar-refractivity contribution >= 4 is 0 Å². The average Bonchev–Trinajstić information content (AvgIpc) is 2.50. The van der Waals surface area contributed by atoms with Crippen LogP contribution in [0.25, 0.3) is 0 Å². The first-order chi connectivity index (χ1) is 11.7. The molecule has 6 nitrogen and oxygen atoms in total. The lowest BCUT2D eigenvalue weighted by molar-refractivity contribution is -0.255. The van der Waals surface area contributed by atoms with Crippen LogP contribution in [0.1, 0.15) is 53.9 Å². The zero-order valence-electron chi connectivity index (χ0n) is 16.6. The van der Waals surface area contributed by atoms with Crippen LogP contribution in [0.2, 0.25) is 0 Å². The highest BCUT2D eigenvalue weighted by Crippen LogP contribution is 2.62. The molecule has 6 N–H and O–H groups in total. The first-order valence-electron chi connectivity index (χ1n) is 9.51. The minimum atomic E-state index is -1.66. The van der Waals surface area contributed by atoms with E-state index in [1.165, 1.54) is 19.9 Å². The second kappa shape index (κ2) is 6.83. The van der Waals surface area contributed by atoms with Crippen molar-refractivity contribution < 1.29 is 30.6 Å². The summed E-state index contributed by atoms with van der Waals surface area (Å²) >= 11 is 0. The summed E-state index contributed by atoms with van der Waals surface area (Å²) in [7, 11) is 0. The maximum atomic E-state index is 11.1. The van der Waals surface area contributed by atoms with Gasteiger partial charge in [-0.1, -0.05) is 39.3 Å². The number of aliphatic hydroxyl groups excluding tert-OH is 4. The van der Waals surface area contributed by atoms with Crippen molar-refractivity contribution in [2.75, 3.05) is 6.61 Å². The lowest BCUT2D eigenvalue weighted by atomic mass is 9.44. The zero-order valence-corrected chi connectivity index (χ0v) is 16.6. The van der Waals surface area contributed by atoms with Crippen LogP contribution in [0, 0.1) is 22.7 Å². The summed E-state index contributed by atoms with van der Waals surface area (Å²) in [6.07, 6.45) is 1.97. The van der Waals surface area contributed by atoms with E-state index in [1.54, 1.807) is 6.08 Å². The summed E-state index contributed by atoms with van der Waals surface area (Å²) in [4.78, 5) is 0. The van der Waals surface area contributed by atoms with E-state index in [9.17, 15) is 25.5 Å². The molecule has 2 fully saturated rings. The van der Waals surface area contributed by atoms with Crippen LogP contribution in [-0.4, -0.2) is 66.8 Å². The summed E-state index contributed by atoms with van der Waals surface area (Å²) in [6.45, 7) is 8.49. The largest absolute Gasteiger partial charge is 0.394 e. The maximum Gasteiger partial charge on any atom is 0.109 e. The average molecular weight is 373 g/mol. The van der Waals surface area contributed by atoms with Gasteiger partial charge in [-0.2, -0.15) is 0 Å². The van der Waals surface area contributed by atoms with Crippen molar-refractivity contribution in [3.05, 3.63) is 12.2 Å². The van der Waals surface area contributed by atoms with Crippen molar-refractivity contribution in [1.29, 1.82) is 0 Å². The molecule has 26 heavy (non-hydrogen) atoms. The van der Waals surface area contributed by atoms with Crippen molar-refractivity contribution in [2.45, 2.75) is 83.4 Å². The Balaban J connectivity index is 2.51. The summed E-state index contributed by atoms with van der Waals surface area (Å²) < 4.78 is 0. The maximum absolute atomic E-state index is 11.1. The summed E-state index contributed by atoms with van der Waals surface area (Å²) in [5.74, 6) is -0.753. The highest BCUT2D eigenvalue weighted by atomic mass is 16.4. The number of fused-ring (bicyclic) bond motifs is 1. The molecule has 2 saturated carbocycles. The predicted octanol–water partition coefficient (Wildman–Crippen LogP) is 0.582. The molecule has 0 spiro atoms. The highest BCUT2D eigenvalue weighted by Gasteiger charge is 2.64. The van der Waals surface area contributed by atoms with Gasteiger partial charge in [-0.05, 0) is 43.4 Å². The Kier molecular flexibility index (Phi) is 5.73. The van der Waals surface area contributed by atoms with E-state index in [4.69, 9.17) is 5.11 Å². The molecule has 2 aliphatic carbocycles. The minimum Gasteiger partial charge on any atom is -0.394 e. The van der Waals surface area contributed by atoms with Crippen LogP contribution >= 0.6 is 0 Å². The van der Waals surface area contributed by atoms with Gasteiger partial charge in [0.1, 0.15) is 17.8 Å². The molecular weight excluding hydrogens is 336 g/mol. The van der Waals surface area contributed by atoms with Gasteiger partial charge in [0.15, 0.2) is 0 Å². The molecule has 2 rings (SSSR count). The van der Waals surface area contributed by atoms with E-state index in [0.29, 0.717) is 0 Å². The fourth-order valence-electron chi connectivity index (χ4n) is 5.71. The molecule has 0 bridgehead atoms. The molecule has 6 heteroatoms. The van der Waals surface area contributed by atoms with Gasteiger partial charge in [-0.3, -0.25) is 0 Å². The fourth-order valence-corrected chi connectivity index (χ4v) is 5.71. The van der Waals surface area contributed by atoms with E-state index in [-0.39, 0.29) is 11.3 Å². The van der Waals surface area contributed by atoms with Crippen molar-refractivity contribution in [3.63, 3.8) is 0 Å². The van der Waals surface area contributed by atoms with Crippen LogP contribution in [0.5, 0.6) is 0 Å². The van der Waals surface area contributed by atoms with Crippen LogP contribution in [0.4, 0.5) is 0 Å². The molecule has 0 aromatic heterocycles. The molecule has 0 aliphatic heterocycles. The van der Waals surface area contributed by atoms with Gasteiger partial charge in [0, 0.05) is 5.92 Å². The van der Waals surface area contributed by atoms with Gasteiger partial charge in [-0.25, -0.2) is 0 Å². The second-order valence-electron chi connectivity index (χ2n) is 9.75. The van der Waals surface area contributed by atoms with Gasteiger partial charge in [0.05, 0.1) is 18.3 Å². The third-order valence-corrected chi connectivity index (χ3v) is 7.17. The molecule has 152 valence electrons. The third-order valence-electron chi connectivity index (χ3n) is 7.17. The SMILES string of the molecule is CC1(C)CCC[C@@]2(C)[C@H]1[C@@H](O)[C@H](O)[C@@](C)(O)[C@@H]2C=C[C@@](C)(O)[C@H](O)CO. The summed E-state index contributed by atoms with van der Waals surface area (Å²) in [5, 5.41) is 61.9. The molecule has 0 amide bonds. The molecular formula is C20H36O6. The topological polar surface area (TPSA) is 121 Å². The quantitative estimate of drug-likeness (QED) is 0.402. The van der Waals surface area contributed by atoms with E-state index >= 15 is 0 Å². The van der Waals surface area contributed by atoms with E-state index in [1.807, 2.05) is 6.92 Å². The second-order valence-corrected chi connectivity index (χ2v) is 9.75. The summed E-state index contributed by atoms with van der Waals surface area (Å²) in [5.41, 5.74) is -3.94. The van der Waals surface area contributed by atoms with Gasteiger partial charge < -0.3 is 30.6 Å². The molecule has 0 aromatic carbocycles. The fraction of sp³-hybridized carbons (Fsp3) is 0.900. The van der Waals surface area contributed by atoms with E-state index in [2.05, 4.69) is 13.8 Å². The summed E-state index contributed by atoms with van der Waals surface area (Å²) in [6, 6.07) is 0. The number of aliphatic hydroxyl groups is 6. The molecule has 0 aromatic rings. The smallest absolute Gasteiger partial charge is 0.109 e. The van der Waals surface area contributed by atoms with Crippen molar-refractivity contribution in [2.24, 2.45) is 22.7 Å². The van der Waals surface area contributed by atoms with Crippen molar-refractivity contribution in [1.82, 2.24) is 0 Å². The van der Waals surface area contributed by atoms with Crippen LogP contribution in [0.3, 0.4) is 0 Å². The van der Waals surface area contributed by atoms with E-state index in [0.717, 1.165) is 19.3 Å². The van der Waals surface area contributed by atoms with Crippen molar-refractivity contribution in [3.8, 4) is 0 Å². The number of rotatable bonds is 4. The third kappa shape index (κ3) is 3.36. The lowest BCUT2D eigenvalue weighted by Gasteiger charge is -2.63. The minimum absolute atomic E-state index is 0.205. The van der Waals surface area contributed by atoms with Gasteiger partial charge in [0.25, 0.3) is 0 Å². The molecule has 0 heterocycles. The molecule has 0 radical (unpaired) electrons. The Bertz CT molecular complexity index is 540. The first kappa shape index (κ1) is 21.8. The van der Waals surface area contributed by atoms with Crippen LogP contribution in [-0.2, 0) is 0 Å². The highest BCUT2D eigenvalue weighted by molar-refractivity contribution is 5.20. The van der Waals surface area contributed by atoms with Gasteiger partial charge in [-0.15, -0.1) is 0 Å². The lowest BCUT2D eigenvalue weighted by Crippen LogP contribution is -2.69. The van der Waals surface area contributed by atoms with E-state index < -0.39 is 47.5 Å². The Hall–Kier alpha value is -0.500. The number of hydrogen-bond donors (Lipinski definition) is 6. The normalized spacial score (nSPS) is 46.6. The Labute approximate surface area is 156 Å². The first-order valence-corrected chi connectivity index (χ1v) is 9.51. The van der Waals surface area contributed by atoms with Crippen LogP contribution < -0.4 is 0 Å². The van der Waals surface area contributed by atoms with Gasteiger partial charge in [0.2, 0.25) is 0 Å². The Morgan fingerprint density at radius 1 is 1.15 bits per heavy atom. The molecule has 2 aliphatic rings. The molecule has 0 unspecified atom stereocenters. The van der Waals surface area contributed by atoms with Crippen LogP contribution in [0.15, 0.2) is 12.2 Å². The Morgan fingerprint density at radius 3 is 2.27 bits per heavy atom. The van der Waals surface area contributed by atoms with Gasteiger partial charge >= 0.3 is 0 Å². The molecule has 8 atom stereocenters.